The summed E-state index contributed by atoms with van der Waals surface area (Å²) in [6.45, 7) is -0.636. The third kappa shape index (κ3) is 2.41. The fourth-order valence-corrected chi connectivity index (χ4v) is 0.942. The molecule has 0 atom stereocenters. The van der Waals surface area contributed by atoms with Crippen molar-refractivity contribution >= 4 is 0 Å². The van der Waals surface area contributed by atoms with Gasteiger partial charge < -0.3 is 0 Å². The molecule has 1 aromatic rings. The van der Waals surface area contributed by atoms with E-state index in [-0.39, 0.29) is 5.56 Å². The highest BCUT2D eigenvalue weighted by molar-refractivity contribution is 5.26. The van der Waals surface area contributed by atoms with Gasteiger partial charge >= 0.3 is 6.18 Å². The first-order valence-corrected chi connectivity index (χ1v) is 3.54. The van der Waals surface area contributed by atoms with Gasteiger partial charge in [-0.15, -0.1) is 0 Å². The number of rotatable bonds is 2. The third-order valence-corrected chi connectivity index (χ3v) is 1.56. The molecule has 1 nitrogen and oxygen atoms in total. The highest BCUT2D eigenvalue weighted by Crippen LogP contribution is 2.31. The van der Waals surface area contributed by atoms with E-state index in [1.807, 2.05) is 0 Å². The summed E-state index contributed by atoms with van der Waals surface area (Å²) in [4.78, 5) is 3.15. The molecule has 0 bridgehead atoms. The predicted molar refractivity (Wildman–Crippen MR) is 37.3 cm³/mol. The Hall–Kier alpha value is -1.17. The molecule has 0 aliphatic heterocycles. The van der Waals surface area contributed by atoms with Gasteiger partial charge in [0.05, 0.1) is 5.56 Å². The van der Waals surface area contributed by atoms with Crippen molar-refractivity contribution in [2.24, 2.45) is 0 Å². The van der Waals surface area contributed by atoms with Crippen LogP contribution in [-0.4, -0.2) is 0 Å². The molecule has 0 fully saturated rings. The molecule has 0 spiro atoms. The van der Waals surface area contributed by atoms with E-state index in [1.54, 1.807) is 0 Å². The molecule has 0 N–H and O–H groups in total. The van der Waals surface area contributed by atoms with Gasteiger partial charge in [-0.1, -0.05) is 6.07 Å². The summed E-state index contributed by atoms with van der Waals surface area (Å²) in [6, 6.07) is 2.15. The quantitative estimate of drug-likeness (QED) is 0.683. The molecular formula is C8H5F5O. The van der Waals surface area contributed by atoms with Crippen molar-refractivity contribution < 1.29 is 27.0 Å². The SMILES string of the molecule is FOCc1ccc(F)c(C(F)(F)F)c1. The lowest BCUT2D eigenvalue weighted by Gasteiger charge is -2.08. The van der Waals surface area contributed by atoms with Crippen LogP contribution in [0.3, 0.4) is 0 Å². The van der Waals surface area contributed by atoms with Crippen molar-refractivity contribution in [1.29, 1.82) is 0 Å². The third-order valence-electron chi connectivity index (χ3n) is 1.56. The van der Waals surface area contributed by atoms with Crippen LogP contribution in [0.25, 0.3) is 0 Å². The van der Waals surface area contributed by atoms with Crippen LogP contribution >= 0.6 is 0 Å². The number of alkyl halides is 3. The van der Waals surface area contributed by atoms with Crippen molar-refractivity contribution in [3.63, 3.8) is 0 Å². The first-order valence-electron chi connectivity index (χ1n) is 3.54. The first-order chi connectivity index (χ1) is 6.45. The fraction of sp³-hybridized carbons (Fsp3) is 0.250. The van der Waals surface area contributed by atoms with Crippen molar-refractivity contribution in [3.8, 4) is 0 Å². The van der Waals surface area contributed by atoms with Crippen molar-refractivity contribution in [2.75, 3.05) is 0 Å². The van der Waals surface area contributed by atoms with Gasteiger partial charge in [0.25, 0.3) is 0 Å². The molecule has 0 saturated heterocycles. The summed E-state index contributed by atoms with van der Waals surface area (Å²) >= 11 is 0. The van der Waals surface area contributed by atoms with Crippen LogP contribution < -0.4 is 0 Å². The van der Waals surface area contributed by atoms with E-state index < -0.39 is 24.2 Å². The zero-order valence-electron chi connectivity index (χ0n) is 6.74. The minimum Gasteiger partial charge on any atom is -0.206 e. The molecule has 0 aromatic heterocycles. The largest absolute Gasteiger partial charge is 0.419 e. The van der Waals surface area contributed by atoms with E-state index in [0.717, 1.165) is 6.07 Å². The minimum absolute atomic E-state index is 0.0822. The Balaban J connectivity index is 3.09. The zero-order chi connectivity index (χ0) is 10.8. The second-order valence-corrected chi connectivity index (χ2v) is 2.57. The lowest BCUT2D eigenvalue weighted by Crippen LogP contribution is -2.08. The standard InChI is InChI=1S/C8H5F5O/c9-7-2-1-5(4-14-13)3-6(7)8(10,11)12/h1-3H,4H2. The molecule has 0 radical (unpaired) electrons. The van der Waals surface area contributed by atoms with Gasteiger partial charge in [-0.25, -0.2) is 4.39 Å². The molecule has 0 heterocycles. The van der Waals surface area contributed by atoms with E-state index in [1.165, 1.54) is 0 Å². The Bertz CT molecular complexity index is 320. The Kier molecular flexibility index (Phi) is 3.05. The van der Waals surface area contributed by atoms with Gasteiger partial charge in [0, 0.05) is 0 Å². The Morgan fingerprint density at radius 1 is 1.21 bits per heavy atom. The fourth-order valence-electron chi connectivity index (χ4n) is 0.942. The van der Waals surface area contributed by atoms with Crippen LogP contribution in [0.5, 0.6) is 0 Å². The highest BCUT2D eigenvalue weighted by atomic mass is 19.4. The molecular weight excluding hydrogens is 207 g/mol. The second-order valence-electron chi connectivity index (χ2n) is 2.57. The molecule has 1 aromatic carbocycles. The molecule has 0 unspecified atom stereocenters. The summed E-state index contributed by atoms with van der Waals surface area (Å²) in [6.07, 6.45) is -4.78. The van der Waals surface area contributed by atoms with E-state index in [2.05, 4.69) is 4.94 Å². The minimum atomic E-state index is -4.78. The van der Waals surface area contributed by atoms with Crippen LogP contribution in [0.15, 0.2) is 18.2 Å². The van der Waals surface area contributed by atoms with Crippen molar-refractivity contribution in [2.45, 2.75) is 12.8 Å². The van der Waals surface area contributed by atoms with Gasteiger partial charge in [-0.3, -0.25) is 0 Å². The lowest BCUT2D eigenvalue weighted by molar-refractivity contribution is -0.146. The van der Waals surface area contributed by atoms with Crippen LogP contribution in [0.2, 0.25) is 0 Å². The lowest BCUT2D eigenvalue weighted by atomic mass is 10.1. The molecule has 78 valence electrons. The van der Waals surface area contributed by atoms with Crippen molar-refractivity contribution in [1.82, 2.24) is 0 Å². The maximum Gasteiger partial charge on any atom is 0.419 e. The normalized spacial score (nSPS) is 11.8. The molecule has 0 aliphatic rings. The van der Waals surface area contributed by atoms with E-state index >= 15 is 0 Å². The van der Waals surface area contributed by atoms with Gasteiger partial charge in [0.1, 0.15) is 12.4 Å². The summed E-state index contributed by atoms with van der Waals surface area (Å²) in [5, 5.41) is 0. The molecule has 0 aliphatic carbocycles. The van der Waals surface area contributed by atoms with Gasteiger partial charge in [-0.2, -0.15) is 18.1 Å². The number of hydrogen-bond acceptors (Lipinski definition) is 1. The average Bonchev–Trinajstić information content (AvgIpc) is 2.07. The van der Waals surface area contributed by atoms with Gasteiger partial charge in [-0.05, 0) is 22.2 Å². The average molecular weight is 212 g/mol. The van der Waals surface area contributed by atoms with Crippen LogP contribution in [0, 0.1) is 5.82 Å². The smallest absolute Gasteiger partial charge is 0.206 e. The number of hydrogen-bond donors (Lipinski definition) is 0. The molecule has 0 saturated carbocycles. The van der Waals surface area contributed by atoms with Gasteiger partial charge in [0.15, 0.2) is 0 Å². The highest BCUT2D eigenvalue weighted by Gasteiger charge is 2.34. The second kappa shape index (κ2) is 3.91. The zero-order valence-corrected chi connectivity index (χ0v) is 6.74. The van der Waals surface area contributed by atoms with Crippen LogP contribution in [0.4, 0.5) is 22.1 Å². The summed E-state index contributed by atoms with van der Waals surface area (Å²) < 4.78 is 60.3. The van der Waals surface area contributed by atoms with Crippen LogP contribution in [0.1, 0.15) is 11.1 Å². The number of halogens is 5. The summed E-state index contributed by atoms with van der Waals surface area (Å²) in [5.74, 6) is -1.39. The Morgan fingerprint density at radius 3 is 2.36 bits per heavy atom. The Labute approximate surface area is 76.0 Å². The molecule has 1 rings (SSSR count). The van der Waals surface area contributed by atoms with E-state index in [4.69, 9.17) is 0 Å². The summed E-state index contributed by atoms with van der Waals surface area (Å²) in [5.41, 5.74) is -1.51. The summed E-state index contributed by atoms with van der Waals surface area (Å²) in [7, 11) is 0. The topological polar surface area (TPSA) is 9.23 Å². The predicted octanol–water partition coefficient (Wildman–Crippen LogP) is 3.25. The molecule has 6 heteroatoms. The van der Waals surface area contributed by atoms with Gasteiger partial charge in [0.2, 0.25) is 0 Å². The number of benzene rings is 1. The maximum absolute atomic E-state index is 12.7. The van der Waals surface area contributed by atoms with E-state index in [0.29, 0.717) is 12.1 Å². The Morgan fingerprint density at radius 2 is 1.86 bits per heavy atom. The molecule has 14 heavy (non-hydrogen) atoms. The van der Waals surface area contributed by atoms with Crippen molar-refractivity contribution in [3.05, 3.63) is 35.1 Å². The molecule has 0 amide bonds. The first kappa shape index (κ1) is 10.9. The monoisotopic (exact) mass is 212 g/mol. The maximum atomic E-state index is 12.7. The van der Waals surface area contributed by atoms with Crippen LogP contribution in [-0.2, 0) is 17.7 Å². The van der Waals surface area contributed by atoms with E-state index in [9.17, 15) is 22.1 Å².